The van der Waals surface area contributed by atoms with E-state index in [1.54, 1.807) is 37.4 Å². The molecule has 5 heteroatoms. The first-order valence-corrected chi connectivity index (χ1v) is 7.36. The molecule has 2 aromatic carbocycles. The molecule has 0 aliphatic rings. The van der Waals surface area contributed by atoms with Crippen molar-refractivity contribution in [2.75, 3.05) is 7.05 Å². The standard InChI is InChI=1S/C19H15NO4/c1-20-15(12-7-3-2-4-8-12)11-14-13-9-5-6-10-16(13)24-19(23)17(14)18(21)22/h2-11,20H,1H3,(H,21,22)/b15-11-. The summed E-state index contributed by atoms with van der Waals surface area (Å²) in [6, 6.07) is 16.3. The van der Waals surface area contributed by atoms with Crippen molar-refractivity contribution in [3.8, 4) is 0 Å². The van der Waals surface area contributed by atoms with Gasteiger partial charge in [-0.3, -0.25) is 0 Å². The van der Waals surface area contributed by atoms with Crippen LogP contribution in [0.5, 0.6) is 0 Å². The number of carboxylic acids is 1. The van der Waals surface area contributed by atoms with E-state index in [2.05, 4.69) is 5.32 Å². The van der Waals surface area contributed by atoms with Crippen LogP contribution in [-0.4, -0.2) is 18.1 Å². The van der Waals surface area contributed by atoms with Crippen LogP contribution in [0.3, 0.4) is 0 Å². The molecule has 1 heterocycles. The Bertz CT molecular complexity index is 987. The van der Waals surface area contributed by atoms with Crippen LogP contribution in [0, 0.1) is 0 Å². The molecule has 5 nitrogen and oxygen atoms in total. The summed E-state index contributed by atoms with van der Waals surface area (Å²) >= 11 is 0. The maximum Gasteiger partial charge on any atom is 0.351 e. The molecular formula is C19H15NO4. The van der Waals surface area contributed by atoms with Gasteiger partial charge in [-0.25, -0.2) is 9.59 Å². The summed E-state index contributed by atoms with van der Waals surface area (Å²) in [7, 11) is 1.74. The Hall–Kier alpha value is -3.34. The van der Waals surface area contributed by atoms with Crippen molar-refractivity contribution < 1.29 is 14.3 Å². The van der Waals surface area contributed by atoms with Gasteiger partial charge in [0, 0.05) is 23.7 Å². The number of para-hydroxylation sites is 1. The van der Waals surface area contributed by atoms with Gasteiger partial charge in [0.2, 0.25) is 0 Å². The van der Waals surface area contributed by atoms with E-state index in [4.69, 9.17) is 4.42 Å². The second kappa shape index (κ2) is 6.42. The highest BCUT2D eigenvalue weighted by Gasteiger charge is 2.19. The maximum absolute atomic E-state index is 12.1. The highest BCUT2D eigenvalue weighted by atomic mass is 16.4. The number of hydrogen-bond acceptors (Lipinski definition) is 4. The summed E-state index contributed by atoms with van der Waals surface area (Å²) in [5.74, 6) is -1.32. The second-order valence-corrected chi connectivity index (χ2v) is 5.15. The Morgan fingerprint density at radius 3 is 2.42 bits per heavy atom. The summed E-state index contributed by atoms with van der Waals surface area (Å²) in [5.41, 5.74) is 1.01. The summed E-state index contributed by atoms with van der Waals surface area (Å²) < 4.78 is 5.13. The van der Waals surface area contributed by atoms with Crippen LogP contribution in [0.25, 0.3) is 22.7 Å². The SMILES string of the molecule is CN/C(=C\c1c(C(=O)O)c(=O)oc2ccccc12)c1ccccc1. The van der Waals surface area contributed by atoms with Gasteiger partial charge in [0.25, 0.3) is 0 Å². The van der Waals surface area contributed by atoms with Crippen LogP contribution in [0.1, 0.15) is 21.5 Å². The van der Waals surface area contributed by atoms with E-state index >= 15 is 0 Å². The number of hydrogen-bond donors (Lipinski definition) is 2. The van der Waals surface area contributed by atoms with Gasteiger partial charge in [-0.05, 0) is 17.7 Å². The maximum atomic E-state index is 12.1. The Morgan fingerprint density at radius 1 is 1.08 bits per heavy atom. The van der Waals surface area contributed by atoms with Crippen LogP contribution >= 0.6 is 0 Å². The Kier molecular flexibility index (Phi) is 4.16. The van der Waals surface area contributed by atoms with Crippen molar-refractivity contribution in [3.05, 3.63) is 81.7 Å². The number of carbonyl (C=O) groups is 1. The van der Waals surface area contributed by atoms with Gasteiger partial charge in [-0.15, -0.1) is 0 Å². The van der Waals surface area contributed by atoms with E-state index in [1.807, 2.05) is 30.3 Å². The third-order valence-corrected chi connectivity index (χ3v) is 3.71. The average Bonchev–Trinajstić information content (AvgIpc) is 2.59. The molecule has 0 amide bonds. The lowest BCUT2D eigenvalue weighted by atomic mass is 10.0. The average molecular weight is 321 g/mol. The molecular weight excluding hydrogens is 306 g/mol. The first-order valence-electron chi connectivity index (χ1n) is 7.36. The predicted octanol–water partition coefficient (Wildman–Crippen LogP) is 3.21. The number of aromatic carboxylic acids is 1. The highest BCUT2D eigenvalue weighted by Crippen LogP contribution is 2.24. The third kappa shape index (κ3) is 2.79. The van der Waals surface area contributed by atoms with Crippen LogP contribution in [0.4, 0.5) is 0 Å². The first kappa shape index (κ1) is 15.6. The van der Waals surface area contributed by atoms with E-state index < -0.39 is 11.6 Å². The highest BCUT2D eigenvalue weighted by molar-refractivity contribution is 6.02. The molecule has 0 aliphatic heterocycles. The molecule has 3 aromatic rings. The van der Waals surface area contributed by atoms with E-state index in [1.165, 1.54) is 0 Å². The minimum absolute atomic E-state index is 0.322. The van der Waals surface area contributed by atoms with Gasteiger partial charge in [0.15, 0.2) is 5.56 Å². The molecule has 120 valence electrons. The minimum atomic E-state index is -1.32. The summed E-state index contributed by atoms with van der Waals surface area (Å²) in [5, 5.41) is 13.1. The van der Waals surface area contributed by atoms with Crippen molar-refractivity contribution in [2.24, 2.45) is 0 Å². The molecule has 0 spiro atoms. The van der Waals surface area contributed by atoms with E-state index in [0.29, 0.717) is 22.2 Å². The summed E-state index contributed by atoms with van der Waals surface area (Å²) in [6.45, 7) is 0. The monoisotopic (exact) mass is 321 g/mol. The van der Waals surface area contributed by atoms with Crippen molar-refractivity contribution in [1.29, 1.82) is 0 Å². The zero-order valence-corrected chi connectivity index (χ0v) is 12.9. The molecule has 24 heavy (non-hydrogen) atoms. The number of rotatable bonds is 4. The lowest BCUT2D eigenvalue weighted by molar-refractivity contribution is 0.0692. The van der Waals surface area contributed by atoms with Gasteiger partial charge >= 0.3 is 11.6 Å². The normalized spacial score (nSPS) is 11.5. The molecule has 0 fully saturated rings. The van der Waals surface area contributed by atoms with Crippen LogP contribution < -0.4 is 10.9 Å². The molecule has 3 rings (SSSR count). The van der Waals surface area contributed by atoms with Crippen molar-refractivity contribution in [2.45, 2.75) is 0 Å². The lowest BCUT2D eigenvalue weighted by Gasteiger charge is -2.10. The quantitative estimate of drug-likeness (QED) is 0.721. The van der Waals surface area contributed by atoms with E-state index in [0.717, 1.165) is 5.56 Å². The fraction of sp³-hybridized carbons (Fsp3) is 0.0526. The van der Waals surface area contributed by atoms with Crippen molar-refractivity contribution >= 4 is 28.7 Å². The fourth-order valence-corrected chi connectivity index (χ4v) is 2.59. The zero-order chi connectivity index (χ0) is 17.1. The number of nitrogens with one attached hydrogen (secondary N) is 1. The van der Waals surface area contributed by atoms with Gasteiger partial charge in [0.05, 0.1) is 0 Å². The van der Waals surface area contributed by atoms with Crippen molar-refractivity contribution in [1.82, 2.24) is 5.32 Å². The molecule has 0 radical (unpaired) electrons. The topological polar surface area (TPSA) is 79.5 Å². The molecule has 0 saturated heterocycles. The van der Waals surface area contributed by atoms with E-state index in [9.17, 15) is 14.7 Å². The number of carboxylic acid groups (broad SMARTS) is 1. The number of fused-ring (bicyclic) bond motifs is 1. The lowest BCUT2D eigenvalue weighted by Crippen LogP contribution is -2.16. The fourth-order valence-electron chi connectivity index (χ4n) is 2.59. The molecule has 1 aromatic heterocycles. The predicted molar refractivity (Wildman–Crippen MR) is 92.8 cm³/mol. The minimum Gasteiger partial charge on any atom is -0.477 e. The zero-order valence-electron chi connectivity index (χ0n) is 12.9. The van der Waals surface area contributed by atoms with Gasteiger partial charge < -0.3 is 14.8 Å². The van der Waals surface area contributed by atoms with Gasteiger partial charge in [-0.1, -0.05) is 48.5 Å². The Balaban J connectivity index is 2.35. The summed E-state index contributed by atoms with van der Waals surface area (Å²) in [4.78, 5) is 23.7. The smallest absolute Gasteiger partial charge is 0.351 e. The molecule has 0 aliphatic carbocycles. The third-order valence-electron chi connectivity index (χ3n) is 3.71. The van der Waals surface area contributed by atoms with E-state index in [-0.39, 0.29) is 5.56 Å². The molecule has 0 unspecified atom stereocenters. The Morgan fingerprint density at radius 2 is 1.75 bits per heavy atom. The molecule has 0 saturated carbocycles. The first-order chi connectivity index (χ1) is 11.6. The van der Waals surface area contributed by atoms with Gasteiger partial charge in [-0.2, -0.15) is 0 Å². The number of benzene rings is 2. The van der Waals surface area contributed by atoms with Gasteiger partial charge in [0.1, 0.15) is 5.58 Å². The van der Waals surface area contributed by atoms with Crippen molar-refractivity contribution in [3.63, 3.8) is 0 Å². The molecule has 0 bridgehead atoms. The largest absolute Gasteiger partial charge is 0.477 e. The summed E-state index contributed by atoms with van der Waals surface area (Å²) in [6.07, 6.45) is 1.66. The molecule has 2 N–H and O–H groups in total. The van der Waals surface area contributed by atoms with Crippen LogP contribution in [0.15, 0.2) is 63.8 Å². The van der Waals surface area contributed by atoms with Crippen LogP contribution in [-0.2, 0) is 0 Å². The Labute approximate surface area is 137 Å². The van der Waals surface area contributed by atoms with Crippen LogP contribution in [0.2, 0.25) is 0 Å². The second-order valence-electron chi connectivity index (χ2n) is 5.15. The molecule has 0 atom stereocenters.